The predicted molar refractivity (Wildman–Crippen MR) is 62.3 cm³/mol. The van der Waals surface area contributed by atoms with Crippen molar-refractivity contribution in [3.05, 3.63) is 29.8 Å². The van der Waals surface area contributed by atoms with Crippen LogP contribution in [0.25, 0.3) is 0 Å². The number of carbonyl (C=O) groups is 1. The largest absolute Gasteiger partial charge is 0.415 e. The Kier molecular flexibility index (Phi) is 4.53. The van der Waals surface area contributed by atoms with E-state index in [0.717, 1.165) is 5.56 Å². The second-order valence-electron chi connectivity index (χ2n) is 2.78. The summed E-state index contributed by atoms with van der Waals surface area (Å²) in [6.45, 7) is 0. The molecule has 0 amide bonds. The third-order valence-corrected chi connectivity index (χ3v) is 2.00. The Hall–Kier alpha value is -0.150. The molecule has 2 nitrogen and oxygen atoms in total. The van der Waals surface area contributed by atoms with Crippen LogP contribution in [0.15, 0.2) is 24.3 Å². The van der Waals surface area contributed by atoms with Gasteiger partial charge in [0.25, 0.3) is 0 Å². The number of hydrogen-bond acceptors (Lipinski definition) is 2. The van der Waals surface area contributed by atoms with Gasteiger partial charge in [0.2, 0.25) is 0 Å². The molecule has 0 aliphatic carbocycles. The monoisotopic (exact) mass is 286 g/mol. The first-order valence-corrected chi connectivity index (χ1v) is 5.41. The van der Waals surface area contributed by atoms with Gasteiger partial charge < -0.3 is 4.74 Å². The molecule has 0 spiro atoms. The summed E-state index contributed by atoms with van der Waals surface area (Å²) in [5.74, 6) is 0.350. The zero-order chi connectivity index (χ0) is 11.5. The first kappa shape index (κ1) is 12.9. The summed E-state index contributed by atoms with van der Waals surface area (Å²) in [6, 6.07) is 6.53. The summed E-state index contributed by atoms with van der Waals surface area (Å²) in [4.78, 5) is 10.4. The van der Waals surface area contributed by atoms with Crippen molar-refractivity contribution in [2.24, 2.45) is 0 Å². The normalized spacial score (nSPS) is 11.2. The molecule has 1 aromatic rings. The number of hydrogen-bond donors (Lipinski definition) is 0. The zero-order valence-corrected chi connectivity index (χ0v) is 10.4. The molecule has 0 aromatic heterocycles. The first-order chi connectivity index (χ1) is 6.87. The van der Waals surface area contributed by atoms with Crippen molar-refractivity contribution >= 4 is 51.8 Å². The van der Waals surface area contributed by atoms with Gasteiger partial charge in [0, 0.05) is 18.0 Å². The summed E-state index contributed by atoms with van der Waals surface area (Å²) in [7, 11) is 0. The molecule has 15 heavy (non-hydrogen) atoms. The van der Waals surface area contributed by atoms with E-state index >= 15 is 0 Å². The highest BCUT2D eigenvalue weighted by atomic mass is 35.6. The average molecular weight is 288 g/mol. The summed E-state index contributed by atoms with van der Waals surface area (Å²) < 4.78 is 3.30. The van der Waals surface area contributed by atoms with Gasteiger partial charge in [-0.05, 0) is 17.7 Å². The van der Waals surface area contributed by atoms with E-state index in [1.54, 1.807) is 24.3 Å². The minimum Gasteiger partial charge on any atom is -0.415 e. The maximum absolute atomic E-state index is 10.4. The zero-order valence-electron chi connectivity index (χ0n) is 7.34. The molecule has 0 saturated carbocycles. The molecule has 6 heteroatoms. The van der Waals surface area contributed by atoms with Gasteiger partial charge in [-0.1, -0.05) is 46.9 Å². The lowest BCUT2D eigenvalue weighted by atomic mass is 10.2. The standard InChI is InChI=1S/C9H6Cl4O2/c10-8(14)15-7-3-1-6(2-4-7)5-9(11,12)13/h1-4H,5H2. The van der Waals surface area contributed by atoms with E-state index in [0.29, 0.717) is 5.75 Å². The molecular formula is C9H6Cl4O2. The quantitative estimate of drug-likeness (QED) is 0.597. The van der Waals surface area contributed by atoms with Gasteiger partial charge >= 0.3 is 5.43 Å². The Bertz CT molecular complexity index is 342. The highest BCUT2D eigenvalue weighted by Gasteiger charge is 2.19. The van der Waals surface area contributed by atoms with Crippen molar-refractivity contribution in [1.82, 2.24) is 0 Å². The summed E-state index contributed by atoms with van der Waals surface area (Å²) in [5, 5.41) is 0. The lowest BCUT2D eigenvalue weighted by molar-refractivity contribution is 0.225. The molecule has 0 bridgehead atoms. The van der Waals surface area contributed by atoms with Crippen LogP contribution in [-0.2, 0) is 6.42 Å². The van der Waals surface area contributed by atoms with E-state index in [-0.39, 0.29) is 6.42 Å². The number of carbonyl (C=O) groups excluding carboxylic acids is 1. The van der Waals surface area contributed by atoms with E-state index in [2.05, 4.69) is 4.74 Å². The van der Waals surface area contributed by atoms with Crippen molar-refractivity contribution in [1.29, 1.82) is 0 Å². The Morgan fingerprint density at radius 1 is 1.20 bits per heavy atom. The van der Waals surface area contributed by atoms with Crippen molar-refractivity contribution in [3.8, 4) is 5.75 Å². The van der Waals surface area contributed by atoms with Crippen LogP contribution in [0.3, 0.4) is 0 Å². The van der Waals surface area contributed by atoms with Gasteiger partial charge in [-0.15, -0.1) is 0 Å². The van der Waals surface area contributed by atoms with Gasteiger partial charge in [-0.3, -0.25) is 0 Å². The van der Waals surface area contributed by atoms with Gasteiger partial charge in [-0.25, -0.2) is 4.79 Å². The Morgan fingerprint density at radius 2 is 1.73 bits per heavy atom. The van der Waals surface area contributed by atoms with E-state index < -0.39 is 9.22 Å². The number of halogens is 4. The van der Waals surface area contributed by atoms with Crippen LogP contribution >= 0.6 is 46.4 Å². The smallest absolute Gasteiger partial charge is 0.409 e. The van der Waals surface area contributed by atoms with Crippen LogP contribution in [0.5, 0.6) is 5.75 Å². The van der Waals surface area contributed by atoms with Crippen LogP contribution in [-0.4, -0.2) is 9.22 Å². The highest BCUT2D eigenvalue weighted by Crippen LogP contribution is 2.30. The van der Waals surface area contributed by atoms with Crippen LogP contribution in [0.2, 0.25) is 0 Å². The molecule has 0 fully saturated rings. The SMILES string of the molecule is O=C(Cl)Oc1ccc(CC(Cl)(Cl)Cl)cc1. The fourth-order valence-corrected chi connectivity index (χ4v) is 1.55. The molecule has 1 aromatic carbocycles. The topological polar surface area (TPSA) is 26.3 Å². The van der Waals surface area contributed by atoms with Crippen LogP contribution in [0, 0.1) is 0 Å². The van der Waals surface area contributed by atoms with Gasteiger partial charge in [0.15, 0.2) is 3.79 Å². The van der Waals surface area contributed by atoms with Crippen LogP contribution in [0.4, 0.5) is 4.79 Å². The molecule has 0 radical (unpaired) electrons. The van der Waals surface area contributed by atoms with Crippen molar-refractivity contribution in [3.63, 3.8) is 0 Å². The molecule has 0 aliphatic rings. The maximum atomic E-state index is 10.4. The molecular weight excluding hydrogens is 282 g/mol. The van der Waals surface area contributed by atoms with Crippen molar-refractivity contribution in [2.75, 3.05) is 0 Å². The van der Waals surface area contributed by atoms with Crippen molar-refractivity contribution < 1.29 is 9.53 Å². The van der Waals surface area contributed by atoms with Gasteiger partial charge in [0.1, 0.15) is 5.75 Å². The maximum Gasteiger partial charge on any atom is 0.409 e. The third kappa shape index (κ3) is 5.47. The van der Waals surface area contributed by atoms with Crippen LogP contribution in [0.1, 0.15) is 5.56 Å². The Morgan fingerprint density at radius 3 is 2.13 bits per heavy atom. The second kappa shape index (κ2) is 5.26. The van der Waals surface area contributed by atoms with E-state index in [4.69, 9.17) is 46.4 Å². The number of rotatable bonds is 2. The van der Waals surface area contributed by atoms with Gasteiger partial charge in [-0.2, -0.15) is 0 Å². The lowest BCUT2D eigenvalue weighted by Crippen LogP contribution is -2.06. The van der Waals surface area contributed by atoms with E-state index in [9.17, 15) is 4.79 Å². The number of alkyl halides is 3. The molecule has 0 saturated heterocycles. The molecule has 0 unspecified atom stereocenters. The molecule has 0 atom stereocenters. The molecule has 1 rings (SSSR count). The average Bonchev–Trinajstić information content (AvgIpc) is 2.05. The lowest BCUT2D eigenvalue weighted by Gasteiger charge is -2.10. The number of ether oxygens (including phenoxy) is 1. The van der Waals surface area contributed by atoms with E-state index in [1.807, 2.05) is 0 Å². The summed E-state index contributed by atoms with van der Waals surface area (Å²) in [5.41, 5.74) is -0.0616. The predicted octanol–water partition coefficient (Wildman–Crippen LogP) is 4.34. The first-order valence-electron chi connectivity index (χ1n) is 3.90. The number of benzene rings is 1. The second-order valence-corrected chi connectivity index (χ2v) is 5.60. The minimum absolute atomic E-state index is 0.284. The fourth-order valence-electron chi connectivity index (χ4n) is 0.999. The molecule has 0 heterocycles. The molecule has 0 aliphatic heterocycles. The fraction of sp³-hybridized carbons (Fsp3) is 0.222. The summed E-state index contributed by atoms with van der Waals surface area (Å²) in [6.07, 6.45) is 0.284. The summed E-state index contributed by atoms with van der Waals surface area (Å²) >= 11 is 21.9. The van der Waals surface area contributed by atoms with Gasteiger partial charge in [0.05, 0.1) is 0 Å². The van der Waals surface area contributed by atoms with E-state index in [1.165, 1.54) is 0 Å². The Balaban J connectivity index is 2.68. The van der Waals surface area contributed by atoms with Crippen LogP contribution < -0.4 is 4.74 Å². The third-order valence-electron chi connectivity index (χ3n) is 1.53. The minimum atomic E-state index is -1.33. The highest BCUT2D eigenvalue weighted by molar-refractivity contribution is 6.67. The molecule has 0 N–H and O–H groups in total. The molecule has 82 valence electrons. The Labute approximate surface area is 107 Å². The van der Waals surface area contributed by atoms with Crippen molar-refractivity contribution in [2.45, 2.75) is 10.2 Å².